The summed E-state index contributed by atoms with van der Waals surface area (Å²) in [4.78, 5) is 0.968. The summed E-state index contributed by atoms with van der Waals surface area (Å²) in [5, 5.41) is 11.7. The Bertz CT molecular complexity index is 978. The van der Waals surface area contributed by atoms with E-state index in [0.717, 1.165) is 27.5 Å². The van der Waals surface area contributed by atoms with Gasteiger partial charge in [-0.05, 0) is 11.6 Å². The SMILES string of the molecule is Cn1ncc2ccc(Cn3nc(C(F)F)c(S(C)(=O)=O)n3)cc21. The van der Waals surface area contributed by atoms with E-state index in [2.05, 4.69) is 15.3 Å². The number of aryl methyl sites for hydroxylation is 1. The zero-order valence-corrected chi connectivity index (χ0v) is 13.1. The molecular weight excluding hydrogens is 328 g/mol. The maximum absolute atomic E-state index is 12.9. The molecule has 0 aliphatic carbocycles. The average molecular weight is 341 g/mol. The van der Waals surface area contributed by atoms with Gasteiger partial charge in [-0.3, -0.25) is 4.68 Å². The Balaban J connectivity index is 2.00. The second-order valence-corrected chi connectivity index (χ2v) is 7.09. The molecule has 0 aliphatic heterocycles. The lowest BCUT2D eigenvalue weighted by Crippen LogP contribution is -2.06. The van der Waals surface area contributed by atoms with E-state index in [1.165, 1.54) is 0 Å². The molecule has 0 unspecified atom stereocenters. The second-order valence-electron chi connectivity index (χ2n) is 5.15. The predicted molar refractivity (Wildman–Crippen MR) is 77.9 cm³/mol. The minimum Gasteiger partial charge on any atom is -0.268 e. The average Bonchev–Trinajstić information content (AvgIpc) is 3.04. The highest BCUT2D eigenvalue weighted by molar-refractivity contribution is 7.90. The van der Waals surface area contributed by atoms with Gasteiger partial charge in [0.1, 0.15) is 0 Å². The molecule has 1 aromatic carbocycles. The molecule has 122 valence electrons. The summed E-state index contributed by atoms with van der Waals surface area (Å²) in [7, 11) is -2.08. The van der Waals surface area contributed by atoms with Crippen LogP contribution in [0.4, 0.5) is 8.78 Å². The lowest BCUT2D eigenvalue weighted by atomic mass is 10.2. The zero-order valence-electron chi connectivity index (χ0n) is 12.3. The molecule has 10 heteroatoms. The lowest BCUT2D eigenvalue weighted by molar-refractivity contribution is 0.141. The van der Waals surface area contributed by atoms with Crippen LogP contribution in [-0.4, -0.2) is 39.4 Å². The molecule has 0 N–H and O–H groups in total. The van der Waals surface area contributed by atoms with Gasteiger partial charge < -0.3 is 0 Å². The van der Waals surface area contributed by atoms with Crippen molar-refractivity contribution in [2.45, 2.75) is 18.0 Å². The van der Waals surface area contributed by atoms with Crippen molar-refractivity contribution in [3.8, 4) is 0 Å². The van der Waals surface area contributed by atoms with E-state index >= 15 is 0 Å². The van der Waals surface area contributed by atoms with Crippen LogP contribution in [0.25, 0.3) is 10.9 Å². The van der Waals surface area contributed by atoms with Crippen LogP contribution in [-0.2, 0) is 23.4 Å². The third kappa shape index (κ3) is 2.93. The van der Waals surface area contributed by atoms with Gasteiger partial charge in [-0.2, -0.15) is 15.0 Å². The summed E-state index contributed by atoms with van der Waals surface area (Å²) in [6.45, 7) is 0.0797. The molecule has 0 saturated carbocycles. The smallest absolute Gasteiger partial charge is 0.268 e. The van der Waals surface area contributed by atoms with E-state index in [4.69, 9.17) is 0 Å². The third-order valence-corrected chi connectivity index (χ3v) is 4.34. The van der Waals surface area contributed by atoms with Crippen molar-refractivity contribution in [3.63, 3.8) is 0 Å². The van der Waals surface area contributed by atoms with Crippen LogP contribution in [0.1, 0.15) is 17.7 Å². The van der Waals surface area contributed by atoms with Crippen LogP contribution < -0.4 is 0 Å². The van der Waals surface area contributed by atoms with Crippen molar-refractivity contribution >= 4 is 20.7 Å². The van der Waals surface area contributed by atoms with Crippen molar-refractivity contribution in [1.82, 2.24) is 24.8 Å². The van der Waals surface area contributed by atoms with Gasteiger partial charge in [0.2, 0.25) is 5.03 Å². The van der Waals surface area contributed by atoms with Crippen molar-refractivity contribution in [2.75, 3.05) is 6.26 Å². The fourth-order valence-electron chi connectivity index (χ4n) is 2.27. The van der Waals surface area contributed by atoms with Gasteiger partial charge in [-0.1, -0.05) is 12.1 Å². The summed E-state index contributed by atoms with van der Waals surface area (Å²) >= 11 is 0. The Morgan fingerprint density at radius 1 is 1.26 bits per heavy atom. The number of alkyl halides is 2. The van der Waals surface area contributed by atoms with Crippen molar-refractivity contribution < 1.29 is 17.2 Å². The molecule has 23 heavy (non-hydrogen) atoms. The van der Waals surface area contributed by atoms with Crippen LogP contribution >= 0.6 is 0 Å². The Morgan fingerprint density at radius 2 is 2.00 bits per heavy atom. The number of rotatable bonds is 4. The first-order chi connectivity index (χ1) is 10.8. The number of aromatic nitrogens is 5. The minimum atomic E-state index is -3.87. The highest BCUT2D eigenvalue weighted by Gasteiger charge is 2.26. The highest BCUT2D eigenvalue weighted by atomic mass is 32.2. The first kappa shape index (κ1) is 15.5. The van der Waals surface area contributed by atoms with Gasteiger partial charge in [0, 0.05) is 18.7 Å². The number of sulfone groups is 1. The molecular formula is C13H13F2N5O2S. The van der Waals surface area contributed by atoms with Crippen molar-refractivity contribution in [3.05, 3.63) is 35.7 Å². The minimum absolute atomic E-state index is 0.0797. The number of benzene rings is 1. The molecule has 0 radical (unpaired) electrons. The molecule has 3 rings (SSSR count). The number of hydrogen-bond acceptors (Lipinski definition) is 5. The van der Waals surface area contributed by atoms with E-state index in [1.807, 2.05) is 12.1 Å². The highest BCUT2D eigenvalue weighted by Crippen LogP contribution is 2.23. The Morgan fingerprint density at radius 3 is 2.61 bits per heavy atom. The fourth-order valence-corrected chi connectivity index (χ4v) is 3.02. The summed E-state index contributed by atoms with van der Waals surface area (Å²) in [5.41, 5.74) is 0.790. The van der Waals surface area contributed by atoms with E-state index < -0.39 is 27.0 Å². The van der Waals surface area contributed by atoms with E-state index in [9.17, 15) is 17.2 Å². The normalized spacial score (nSPS) is 12.4. The molecule has 0 bridgehead atoms. The Labute approximate surface area is 130 Å². The molecule has 2 aromatic heterocycles. The van der Waals surface area contributed by atoms with Gasteiger partial charge in [-0.25, -0.2) is 17.2 Å². The topological polar surface area (TPSA) is 82.7 Å². The van der Waals surface area contributed by atoms with Crippen LogP contribution in [0.15, 0.2) is 29.4 Å². The zero-order chi connectivity index (χ0) is 16.8. The van der Waals surface area contributed by atoms with Crippen LogP contribution in [0.5, 0.6) is 0 Å². The van der Waals surface area contributed by atoms with Crippen LogP contribution in [0, 0.1) is 0 Å². The summed E-state index contributed by atoms with van der Waals surface area (Å²) in [6.07, 6.45) is -0.468. The van der Waals surface area contributed by atoms with Gasteiger partial charge in [0.25, 0.3) is 6.43 Å². The molecule has 0 fully saturated rings. The van der Waals surface area contributed by atoms with Crippen molar-refractivity contribution in [1.29, 1.82) is 0 Å². The standard InChI is InChI=1S/C13H13F2N5O2S/c1-19-10-5-8(3-4-9(10)6-16-19)7-20-17-11(12(14)15)13(18-20)23(2,21)22/h3-6,12H,7H2,1-2H3. The molecule has 3 aromatic rings. The number of hydrogen-bond donors (Lipinski definition) is 0. The largest absolute Gasteiger partial charge is 0.285 e. The third-order valence-electron chi connectivity index (χ3n) is 3.34. The maximum atomic E-state index is 12.9. The first-order valence-electron chi connectivity index (χ1n) is 6.59. The van der Waals surface area contributed by atoms with Gasteiger partial charge in [-0.15, -0.1) is 5.10 Å². The van der Waals surface area contributed by atoms with E-state index in [1.54, 1.807) is 24.0 Å². The Hall–Kier alpha value is -2.36. The fraction of sp³-hybridized carbons (Fsp3) is 0.308. The van der Waals surface area contributed by atoms with Crippen LogP contribution in [0.3, 0.4) is 0 Å². The second kappa shape index (κ2) is 5.37. The van der Waals surface area contributed by atoms with E-state index in [0.29, 0.717) is 0 Å². The Kier molecular flexibility index (Phi) is 3.63. The molecule has 0 saturated heterocycles. The monoisotopic (exact) mass is 341 g/mol. The molecule has 0 atom stereocenters. The summed E-state index contributed by atoms with van der Waals surface area (Å²) < 4.78 is 50.7. The number of fused-ring (bicyclic) bond motifs is 1. The van der Waals surface area contributed by atoms with Gasteiger partial charge in [0.15, 0.2) is 15.5 Å². The quantitative estimate of drug-likeness (QED) is 0.719. The van der Waals surface area contributed by atoms with Gasteiger partial charge >= 0.3 is 0 Å². The lowest BCUT2D eigenvalue weighted by Gasteiger charge is -2.02. The van der Waals surface area contributed by atoms with Crippen molar-refractivity contribution in [2.24, 2.45) is 7.05 Å². The molecule has 0 spiro atoms. The predicted octanol–water partition coefficient (Wildman–Crippen LogP) is 1.55. The number of nitrogens with zero attached hydrogens (tertiary/aromatic N) is 5. The van der Waals surface area contributed by atoms with E-state index in [-0.39, 0.29) is 6.54 Å². The molecule has 2 heterocycles. The summed E-state index contributed by atoms with van der Waals surface area (Å²) in [5.74, 6) is 0. The van der Waals surface area contributed by atoms with Gasteiger partial charge in [0.05, 0.1) is 18.3 Å². The molecule has 0 amide bonds. The first-order valence-corrected chi connectivity index (χ1v) is 8.48. The number of halogens is 2. The maximum Gasteiger partial charge on any atom is 0.285 e. The van der Waals surface area contributed by atoms with Crippen LogP contribution in [0.2, 0.25) is 0 Å². The summed E-state index contributed by atoms with van der Waals surface area (Å²) in [6, 6.07) is 5.45. The molecule has 0 aliphatic rings. The molecule has 7 nitrogen and oxygen atoms in total.